The Kier molecular flexibility index (Phi) is 5.36. The molecule has 1 saturated carbocycles. The van der Waals surface area contributed by atoms with E-state index in [1.165, 1.54) is 0 Å². The number of hydrogen-bond donors (Lipinski definition) is 1. The van der Waals surface area contributed by atoms with Crippen LogP contribution >= 0.6 is 0 Å². The van der Waals surface area contributed by atoms with Crippen molar-refractivity contribution in [2.45, 2.75) is 38.3 Å². The number of aryl methyl sites for hydroxylation is 1. The van der Waals surface area contributed by atoms with Gasteiger partial charge in [-0.05, 0) is 18.4 Å². The topological polar surface area (TPSA) is 89.1 Å². The number of rotatable bonds is 8. The van der Waals surface area contributed by atoms with Gasteiger partial charge < -0.3 is 14.7 Å². The van der Waals surface area contributed by atoms with Gasteiger partial charge in [0.2, 0.25) is 5.89 Å². The van der Waals surface area contributed by atoms with E-state index in [-0.39, 0.29) is 6.03 Å². The first kappa shape index (κ1) is 18.2. The van der Waals surface area contributed by atoms with Gasteiger partial charge in [-0.15, -0.1) is 0 Å². The Morgan fingerprint density at radius 3 is 2.82 bits per heavy atom. The van der Waals surface area contributed by atoms with Crippen LogP contribution in [0.3, 0.4) is 0 Å². The average molecular weight is 380 g/mol. The molecule has 0 unspecified atom stereocenters. The monoisotopic (exact) mass is 380 g/mol. The molecule has 0 spiro atoms. The maximum Gasteiger partial charge on any atom is 0.317 e. The summed E-state index contributed by atoms with van der Waals surface area (Å²) in [7, 11) is 1.88. The molecule has 4 rings (SSSR count). The molecule has 0 bridgehead atoms. The van der Waals surface area contributed by atoms with Crippen LogP contribution in [0.4, 0.5) is 4.79 Å². The highest BCUT2D eigenvalue weighted by atomic mass is 16.5. The summed E-state index contributed by atoms with van der Waals surface area (Å²) >= 11 is 0. The highest BCUT2D eigenvalue weighted by Crippen LogP contribution is 2.28. The van der Waals surface area contributed by atoms with E-state index in [4.69, 9.17) is 4.52 Å². The summed E-state index contributed by atoms with van der Waals surface area (Å²) < 4.78 is 7.05. The van der Waals surface area contributed by atoms with Crippen molar-refractivity contribution in [3.63, 3.8) is 0 Å². The first-order valence-electron chi connectivity index (χ1n) is 9.55. The molecule has 0 atom stereocenters. The lowest BCUT2D eigenvalue weighted by atomic mass is 10.1. The predicted octanol–water partition coefficient (Wildman–Crippen LogP) is 2.31. The first-order valence-corrected chi connectivity index (χ1v) is 9.55. The third kappa shape index (κ3) is 4.76. The van der Waals surface area contributed by atoms with Gasteiger partial charge in [0.25, 0.3) is 0 Å². The fraction of sp³-hybridized carbons (Fsp3) is 0.400. The maximum atomic E-state index is 12.6. The molecule has 1 N–H and O–H groups in total. The van der Waals surface area contributed by atoms with E-state index in [1.807, 2.05) is 48.5 Å². The summed E-state index contributed by atoms with van der Waals surface area (Å²) in [5.41, 5.74) is 2.17. The van der Waals surface area contributed by atoms with Crippen LogP contribution in [-0.2, 0) is 26.4 Å². The molecule has 1 aliphatic rings. The molecule has 8 heteroatoms. The standard InChI is InChI=1S/C20H24N6O2/c1-25-13-16(12-22-25)14-26(17-7-8-17)20(27)21-10-9-19-23-18(24-28-19)11-15-5-3-2-4-6-15/h2-6,12-13,17H,7-11,14H2,1H3,(H,21,27). The number of hydrogen-bond acceptors (Lipinski definition) is 5. The number of benzene rings is 1. The summed E-state index contributed by atoms with van der Waals surface area (Å²) in [5, 5.41) is 11.2. The van der Waals surface area contributed by atoms with Gasteiger partial charge in [-0.2, -0.15) is 10.1 Å². The highest BCUT2D eigenvalue weighted by molar-refractivity contribution is 5.74. The van der Waals surface area contributed by atoms with Crippen molar-refractivity contribution in [2.24, 2.45) is 7.05 Å². The Morgan fingerprint density at radius 2 is 2.11 bits per heavy atom. The first-order chi connectivity index (χ1) is 13.7. The van der Waals surface area contributed by atoms with Crippen molar-refractivity contribution >= 4 is 6.03 Å². The van der Waals surface area contributed by atoms with Crippen LogP contribution < -0.4 is 5.32 Å². The zero-order chi connectivity index (χ0) is 19.3. The van der Waals surface area contributed by atoms with Gasteiger partial charge in [0, 0.05) is 44.2 Å². The molecule has 1 aromatic carbocycles. The van der Waals surface area contributed by atoms with Crippen molar-refractivity contribution in [3.05, 3.63) is 65.6 Å². The van der Waals surface area contributed by atoms with Gasteiger partial charge in [-0.1, -0.05) is 35.5 Å². The van der Waals surface area contributed by atoms with E-state index >= 15 is 0 Å². The number of urea groups is 1. The van der Waals surface area contributed by atoms with E-state index in [9.17, 15) is 4.79 Å². The molecule has 0 saturated heterocycles. The zero-order valence-electron chi connectivity index (χ0n) is 15.9. The van der Waals surface area contributed by atoms with Gasteiger partial charge in [0.15, 0.2) is 5.82 Å². The Morgan fingerprint density at radius 1 is 1.29 bits per heavy atom. The number of nitrogens with zero attached hydrogens (tertiary/aromatic N) is 5. The van der Waals surface area contributed by atoms with Crippen molar-refractivity contribution < 1.29 is 9.32 Å². The lowest BCUT2D eigenvalue weighted by Crippen LogP contribution is -2.41. The average Bonchev–Trinajstić information content (AvgIpc) is 3.31. The molecule has 8 nitrogen and oxygen atoms in total. The quantitative estimate of drug-likeness (QED) is 0.648. The number of carbonyl (C=O) groups is 1. The molecule has 2 amide bonds. The van der Waals surface area contributed by atoms with Gasteiger partial charge in [-0.25, -0.2) is 4.79 Å². The van der Waals surface area contributed by atoms with Crippen molar-refractivity contribution in [2.75, 3.05) is 6.54 Å². The summed E-state index contributed by atoms with van der Waals surface area (Å²) in [5.74, 6) is 1.19. The smallest absolute Gasteiger partial charge is 0.317 e. The fourth-order valence-corrected chi connectivity index (χ4v) is 3.12. The van der Waals surface area contributed by atoms with Gasteiger partial charge in [0.1, 0.15) is 0 Å². The Balaban J connectivity index is 1.26. The second-order valence-electron chi connectivity index (χ2n) is 7.13. The van der Waals surface area contributed by atoms with Gasteiger partial charge >= 0.3 is 6.03 Å². The third-order valence-electron chi connectivity index (χ3n) is 4.69. The summed E-state index contributed by atoms with van der Waals surface area (Å²) in [6, 6.07) is 10.3. The molecular formula is C20H24N6O2. The van der Waals surface area contributed by atoms with Crippen molar-refractivity contribution in [3.8, 4) is 0 Å². The molecule has 1 aliphatic carbocycles. The van der Waals surface area contributed by atoms with E-state index in [0.29, 0.717) is 43.7 Å². The third-order valence-corrected chi connectivity index (χ3v) is 4.69. The summed E-state index contributed by atoms with van der Waals surface area (Å²) in [4.78, 5) is 18.9. The molecule has 28 heavy (non-hydrogen) atoms. The minimum atomic E-state index is -0.0598. The Hall–Kier alpha value is -3.16. The van der Waals surface area contributed by atoms with E-state index < -0.39 is 0 Å². The van der Waals surface area contributed by atoms with Gasteiger partial charge in [-0.3, -0.25) is 4.68 Å². The summed E-state index contributed by atoms with van der Waals surface area (Å²) in [6.07, 6.45) is 7.00. The van der Waals surface area contributed by atoms with Crippen LogP contribution in [0, 0.1) is 0 Å². The van der Waals surface area contributed by atoms with Crippen LogP contribution in [0.1, 0.15) is 35.7 Å². The predicted molar refractivity (Wildman–Crippen MR) is 102 cm³/mol. The Labute approximate surface area is 163 Å². The minimum absolute atomic E-state index is 0.0598. The molecule has 1 fully saturated rings. The SMILES string of the molecule is Cn1cc(CN(C(=O)NCCc2nc(Cc3ccccc3)no2)C2CC2)cn1. The minimum Gasteiger partial charge on any atom is -0.339 e. The number of carbonyl (C=O) groups excluding carboxylic acids is 1. The lowest BCUT2D eigenvalue weighted by molar-refractivity contribution is 0.192. The van der Waals surface area contributed by atoms with E-state index in [0.717, 1.165) is 24.0 Å². The number of nitrogens with one attached hydrogen (secondary N) is 1. The number of aromatic nitrogens is 4. The van der Waals surface area contributed by atoms with Crippen LogP contribution in [0.5, 0.6) is 0 Å². The zero-order valence-corrected chi connectivity index (χ0v) is 15.9. The molecule has 2 heterocycles. The molecule has 0 aliphatic heterocycles. The van der Waals surface area contributed by atoms with Crippen LogP contribution in [0.25, 0.3) is 0 Å². The van der Waals surface area contributed by atoms with Gasteiger partial charge in [0.05, 0.1) is 12.7 Å². The highest BCUT2D eigenvalue weighted by Gasteiger charge is 2.32. The van der Waals surface area contributed by atoms with Crippen molar-refractivity contribution in [1.82, 2.24) is 30.1 Å². The molecule has 3 aromatic rings. The van der Waals surface area contributed by atoms with E-state index in [2.05, 4.69) is 20.6 Å². The molecular weight excluding hydrogens is 356 g/mol. The normalized spacial score (nSPS) is 13.5. The fourth-order valence-electron chi connectivity index (χ4n) is 3.12. The van der Waals surface area contributed by atoms with Crippen LogP contribution in [0.2, 0.25) is 0 Å². The van der Waals surface area contributed by atoms with Crippen molar-refractivity contribution in [1.29, 1.82) is 0 Å². The lowest BCUT2D eigenvalue weighted by Gasteiger charge is -2.22. The Bertz CT molecular complexity index is 916. The molecule has 0 radical (unpaired) electrons. The van der Waals surface area contributed by atoms with Crippen LogP contribution in [-0.4, -0.2) is 43.4 Å². The van der Waals surface area contributed by atoms with E-state index in [1.54, 1.807) is 10.9 Å². The molecule has 2 aromatic heterocycles. The molecule has 146 valence electrons. The summed E-state index contributed by atoms with van der Waals surface area (Å²) in [6.45, 7) is 1.04. The number of amides is 2. The van der Waals surface area contributed by atoms with Crippen LogP contribution in [0.15, 0.2) is 47.2 Å². The maximum absolute atomic E-state index is 12.6. The largest absolute Gasteiger partial charge is 0.339 e. The second-order valence-corrected chi connectivity index (χ2v) is 7.13. The second kappa shape index (κ2) is 8.24.